The first-order valence-electron chi connectivity index (χ1n) is 5.71. The number of anilines is 1. The molecule has 1 N–H and O–H groups in total. The molecular weight excluding hydrogens is 269 g/mol. The molecule has 0 aliphatic heterocycles. The minimum atomic E-state index is -0.250. The Morgan fingerprint density at radius 1 is 1.47 bits per heavy atom. The van der Waals surface area contributed by atoms with Crippen LogP contribution < -0.4 is 5.32 Å². The summed E-state index contributed by atoms with van der Waals surface area (Å²) in [6, 6.07) is 6.77. The van der Waals surface area contributed by atoms with Crippen LogP contribution in [0.15, 0.2) is 33.7 Å². The normalized spacial score (nSPS) is 10.6. The maximum Gasteiger partial charge on any atom is 0.321 e. The summed E-state index contributed by atoms with van der Waals surface area (Å²) in [5.74, 6) is 0.841. The molecule has 2 rings (SSSR count). The molecule has 0 spiro atoms. The number of benzene rings is 1. The third-order valence-electron chi connectivity index (χ3n) is 2.21. The van der Waals surface area contributed by atoms with E-state index in [1.165, 1.54) is 23.9 Å². The molecule has 0 atom stereocenters. The van der Waals surface area contributed by atoms with Crippen LogP contribution in [0.3, 0.4) is 0 Å². The molecule has 1 aromatic carbocycles. The van der Waals surface area contributed by atoms with Crippen LogP contribution in [-0.4, -0.2) is 30.4 Å². The average molecular weight is 283 g/mol. The Morgan fingerprint density at radius 3 is 3.16 bits per heavy atom. The van der Waals surface area contributed by atoms with Gasteiger partial charge < -0.3 is 14.6 Å². The van der Waals surface area contributed by atoms with E-state index in [2.05, 4.69) is 15.5 Å². The van der Waals surface area contributed by atoms with Crippen LogP contribution in [0.25, 0.3) is 0 Å². The van der Waals surface area contributed by atoms with Crippen LogP contribution >= 0.6 is 11.8 Å². The Morgan fingerprint density at radius 2 is 2.37 bits per heavy atom. The van der Waals surface area contributed by atoms with Gasteiger partial charge in [0.15, 0.2) is 5.82 Å². The van der Waals surface area contributed by atoms with Gasteiger partial charge in [0.2, 0.25) is 0 Å². The lowest BCUT2D eigenvalue weighted by Crippen LogP contribution is -2.07. The smallest absolute Gasteiger partial charge is 0.321 e. The zero-order valence-electron chi connectivity index (χ0n) is 10.4. The van der Waals surface area contributed by atoms with E-state index in [1.54, 1.807) is 13.2 Å². The van der Waals surface area contributed by atoms with Gasteiger partial charge in [0, 0.05) is 18.6 Å². The van der Waals surface area contributed by atoms with E-state index >= 15 is 0 Å². The third-order valence-corrected chi connectivity index (χ3v) is 3.20. The molecule has 102 valence electrons. The van der Waals surface area contributed by atoms with Crippen LogP contribution in [-0.2, 0) is 10.5 Å². The summed E-state index contributed by atoms with van der Waals surface area (Å²) in [4.78, 5) is 4.99. The SMILES string of the molecule is COCCNc1nc(CSc2cccc(F)c2)no1. The second kappa shape index (κ2) is 7.10. The fraction of sp³-hybridized carbons (Fsp3) is 0.333. The maximum absolute atomic E-state index is 13.0. The summed E-state index contributed by atoms with van der Waals surface area (Å²) in [7, 11) is 1.62. The number of methoxy groups -OCH3 is 1. The number of nitrogens with zero attached hydrogens (tertiary/aromatic N) is 2. The summed E-state index contributed by atoms with van der Waals surface area (Å²) in [5, 5.41) is 6.77. The highest BCUT2D eigenvalue weighted by molar-refractivity contribution is 7.98. The van der Waals surface area contributed by atoms with Crippen molar-refractivity contribution in [2.45, 2.75) is 10.6 Å². The van der Waals surface area contributed by atoms with Gasteiger partial charge in [0.25, 0.3) is 0 Å². The Labute approximate surface area is 114 Å². The molecule has 0 saturated carbocycles. The number of nitrogens with one attached hydrogen (secondary N) is 1. The highest BCUT2D eigenvalue weighted by Gasteiger charge is 2.06. The van der Waals surface area contributed by atoms with Crippen LogP contribution in [0.2, 0.25) is 0 Å². The van der Waals surface area contributed by atoms with Crippen molar-refractivity contribution >= 4 is 17.8 Å². The predicted molar refractivity (Wildman–Crippen MR) is 70.6 cm³/mol. The van der Waals surface area contributed by atoms with Gasteiger partial charge in [-0.1, -0.05) is 11.2 Å². The molecule has 0 aliphatic rings. The number of ether oxygens (including phenoxy) is 1. The summed E-state index contributed by atoms with van der Waals surface area (Å²) in [6.45, 7) is 1.17. The summed E-state index contributed by atoms with van der Waals surface area (Å²) < 4.78 is 22.9. The molecule has 0 unspecified atom stereocenters. The van der Waals surface area contributed by atoms with E-state index in [1.807, 2.05) is 6.07 Å². The molecule has 0 saturated heterocycles. The van der Waals surface area contributed by atoms with Gasteiger partial charge in [-0.2, -0.15) is 4.98 Å². The summed E-state index contributed by atoms with van der Waals surface area (Å²) >= 11 is 1.45. The Bertz CT molecular complexity index is 521. The number of thioether (sulfide) groups is 1. The molecule has 0 bridgehead atoms. The molecule has 0 fully saturated rings. The molecule has 0 amide bonds. The second-order valence-electron chi connectivity index (χ2n) is 3.68. The van der Waals surface area contributed by atoms with Crippen LogP contribution in [0.4, 0.5) is 10.4 Å². The molecule has 5 nitrogen and oxygen atoms in total. The fourth-order valence-electron chi connectivity index (χ4n) is 1.35. The molecular formula is C12H14FN3O2S. The monoisotopic (exact) mass is 283 g/mol. The second-order valence-corrected chi connectivity index (χ2v) is 4.73. The van der Waals surface area contributed by atoms with E-state index in [0.717, 1.165) is 4.90 Å². The lowest BCUT2D eigenvalue weighted by molar-refractivity contribution is 0.210. The van der Waals surface area contributed by atoms with E-state index in [0.29, 0.717) is 30.7 Å². The topological polar surface area (TPSA) is 60.2 Å². The van der Waals surface area contributed by atoms with Gasteiger partial charge in [0.1, 0.15) is 5.82 Å². The van der Waals surface area contributed by atoms with E-state index in [4.69, 9.17) is 9.26 Å². The Balaban J connectivity index is 1.83. The van der Waals surface area contributed by atoms with Crippen molar-refractivity contribution in [3.63, 3.8) is 0 Å². The largest absolute Gasteiger partial charge is 0.383 e. The number of hydrogen-bond donors (Lipinski definition) is 1. The van der Waals surface area contributed by atoms with Crippen LogP contribution in [0.1, 0.15) is 5.82 Å². The molecule has 1 heterocycles. The Kier molecular flexibility index (Phi) is 5.17. The molecule has 0 radical (unpaired) electrons. The van der Waals surface area contributed by atoms with E-state index < -0.39 is 0 Å². The van der Waals surface area contributed by atoms with Crippen molar-refractivity contribution in [2.24, 2.45) is 0 Å². The number of hydrogen-bond acceptors (Lipinski definition) is 6. The zero-order valence-corrected chi connectivity index (χ0v) is 11.2. The van der Waals surface area contributed by atoms with Crippen molar-refractivity contribution in [1.29, 1.82) is 0 Å². The van der Waals surface area contributed by atoms with Crippen molar-refractivity contribution in [1.82, 2.24) is 10.1 Å². The van der Waals surface area contributed by atoms with Crippen molar-refractivity contribution in [3.05, 3.63) is 35.9 Å². The standard InChI is InChI=1S/C12H14FN3O2S/c1-17-6-5-14-12-15-11(16-18-12)8-19-10-4-2-3-9(13)7-10/h2-4,7H,5-6,8H2,1H3,(H,14,15,16). The summed E-state index contributed by atoms with van der Waals surface area (Å²) in [5.41, 5.74) is 0. The highest BCUT2D eigenvalue weighted by Crippen LogP contribution is 2.22. The Hall–Kier alpha value is -1.60. The lowest BCUT2D eigenvalue weighted by atomic mass is 10.4. The molecule has 1 aromatic heterocycles. The lowest BCUT2D eigenvalue weighted by Gasteiger charge is -1.98. The predicted octanol–water partition coefficient (Wildman–Crippen LogP) is 2.56. The first-order chi connectivity index (χ1) is 9.28. The fourth-order valence-corrected chi connectivity index (χ4v) is 2.13. The number of halogens is 1. The number of aromatic nitrogens is 2. The third kappa shape index (κ3) is 4.53. The molecule has 7 heteroatoms. The van der Waals surface area contributed by atoms with E-state index in [-0.39, 0.29) is 5.82 Å². The van der Waals surface area contributed by atoms with Crippen molar-refractivity contribution < 1.29 is 13.7 Å². The minimum absolute atomic E-state index is 0.250. The average Bonchev–Trinajstić information content (AvgIpc) is 2.85. The van der Waals surface area contributed by atoms with Gasteiger partial charge in [-0.05, 0) is 18.2 Å². The highest BCUT2D eigenvalue weighted by atomic mass is 32.2. The molecule has 2 aromatic rings. The van der Waals surface area contributed by atoms with Gasteiger partial charge in [0.05, 0.1) is 12.4 Å². The maximum atomic E-state index is 13.0. The van der Waals surface area contributed by atoms with Crippen molar-refractivity contribution in [3.8, 4) is 0 Å². The first kappa shape index (κ1) is 13.8. The van der Waals surface area contributed by atoms with Crippen molar-refractivity contribution in [2.75, 3.05) is 25.6 Å². The quantitative estimate of drug-likeness (QED) is 0.622. The van der Waals surface area contributed by atoms with Gasteiger partial charge in [-0.25, -0.2) is 4.39 Å². The zero-order chi connectivity index (χ0) is 13.5. The van der Waals surface area contributed by atoms with Crippen LogP contribution in [0.5, 0.6) is 0 Å². The van der Waals surface area contributed by atoms with Gasteiger partial charge in [-0.3, -0.25) is 0 Å². The molecule has 0 aliphatic carbocycles. The molecule has 19 heavy (non-hydrogen) atoms. The number of rotatable bonds is 7. The minimum Gasteiger partial charge on any atom is -0.383 e. The van der Waals surface area contributed by atoms with Crippen LogP contribution in [0, 0.1) is 5.82 Å². The van der Waals surface area contributed by atoms with Gasteiger partial charge in [-0.15, -0.1) is 11.8 Å². The van der Waals surface area contributed by atoms with Gasteiger partial charge >= 0.3 is 6.01 Å². The van der Waals surface area contributed by atoms with E-state index in [9.17, 15) is 4.39 Å². The first-order valence-corrected chi connectivity index (χ1v) is 6.70. The summed E-state index contributed by atoms with van der Waals surface area (Å²) in [6.07, 6.45) is 0.